The van der Waals surface area contributed by atoms with Gasteiger partial charge in [0.2, 0.25) is 0 Å². The van der Waals surface area contributed by atoms with Crippen molar-refractivity contribution in [3.63, 3.8) is 0 Å². The summed E-state index contributed by atoms with van der Waals surface area (Å²) in [6.07, 6.45) is 2.60. The summed E-state index contributed by atoms with van der Waals surface area (Å²) < 4.78 is 0. The van der Waals surface area contributed by atoms with Crippen molar-refractivity contribution < 1.29 is 4.79 Å². The largest absolute Gasteiger partial charge is 0.372 e. The summed E-state index contributed by atoms with van der Waals surface area (Å²) >= 11 is 0. The average Bonchev–Trinajstić information content (AvgIpc) is 2.79. The number of hydrogen-bond acceptors (Lipinski definition) is 5. The molecule has 0 bridgehead atoms. The van der Waals surface area contributed by atoms with Crippen LogP contribution in [0.4, 0.5) is 16.3 Å². The van der Waals surface area contributed by atoms with Crippen LogP contribution in [0.1, 0.15) is 18.9 Å². The number of nitrogens with zero attached hydrogens (tertiary/aromatic N) is 5. The summed E-state index contributed by atoms with van der Waals surface area (Å²) in [6, 6.07) is 16.0. The Balaban J connectivity index is 1.40. The van der Waals surface area contributed by atoms with Gasteiger partial charge in [-0.3, -0.25) is 0 Å². The molecule has 3 rings (SSSR count). The lowest BCUT2D eigenvalue weighted by atomic mass is 10.2. The zero-order valence-electron chi connectivity index (χ0n) is 16.9. The van der Waals surface area contributed by atoms with E-state index in [9.17, 15) is 10.1 Å². The molecule has 0 aliphatic carbocycles. The van der Waals surface area contributed by atoms with Gasteiger partial charge >= 0.3 is 6.03 Å². The summed E-state index contributed by atoms with van der Waals surface area (Å²) in [5.74, 6) is 0.704. The number of amides is 2. The van der Waals surface area contributed by atoms with Gasteiger partial charge in [-0.15, -0.1) is 0 Å². The number of pyridine rings is 1. The number of hydrogen-bond donors (Lipinski definition) is 1. The Morgan fingerprint density at radius 1 is 1.17 bits per heavy atom. The predicted molar refractivity (Wildman–Crippen MR) is 115 cm³/mol. The van der Waals surface area contributed by atoms with Crippen LogP contribution >= 0.6 is 0 Å². The lowest BCUT2D eigenvalue weighted by Crippen LogP contribution is -2.52. The Morgan fingerprint density at radius 2 is 1.93 bits per heavy atom. The molecule has 2 heterocycles. The first-order chi connectivity index (χ1) is 14.2. The number of rotatable bonds is 7. The van der Waals surface area contributed by atoms with Gasteiger partial charge in [-0.25, -0.2) is 9.78 Å². The molecule has 1 saturated heterocycles. The van der Waals surface area contributed by atoms with Crippen LogP contribution in [0, 0.1) is 11.3 Å². The molecule has 0 unspecified atom stereocenters. The SMILES string of the molecule is CCN(CCCNC(=O)N1CCN(c2ncccc2C#N)CC1)c1ccccc1. The van der Waals surface area contributed by atoms with E-state index in [1.165, 1.54) is 5.69 Å². The first kappa shape index (κ1) is 20.5. The number of nitriles is 1. The van der Waals surface area contributed by atoms with Gasteiger partial charge < -0.3 is 20.0 Å². The van der Waals surface area contributed by atoms with Gasteiger partial charge in [0.1, 0.15) is 11.9 Å². The Labute approximate surface area is 172 Å². The van der Waals surface area contributed by atoms with Crippen molar-refractivity contribution >= 4 is 17.5 Å². The van der Waals surface area contributed by atoms with Crippen LogP contribution in [-0.2, 0) is 0 Å². The summed E-state index contributed by atoms with van der Waals surface area (Å²) in [5.41, 5.74) is 1.79. The third-order valence-electron chi connectivity index (χ3n) is 5.16. The Bertz CT molecular complexity index is 827. The smallest absolute Gasteiger partial charge is 0.317 e. The molecular weight excluding hydrogens is 364 g/mol. The van der Waals surface area contributed by atoms with Gasteiger partial charge in [-0.1, -0.05) is 18.2 Å². The molecule has 152 valence electrons. The highest BCUT2D eigenvalue weighted by Gasteiger charge is 2.23. The standard InChI is InChI=1S/C22H28N6O/c1-2-26(20-9-4-3-5-10-20)13-7-12-25-22(29)28-16-14-27(15-17-28)21-19(18-23)8-6-11-24-21/h3-6,8-11H,2,7,12-17H2,1H3,(H,25,29). The molecule has 2 aromatic rings. The topological polar surface area (TPSA) is 75.5 Å². The van der Waals surface area contributed by atoms with E-state index >= 15 is 0 Å². The van der Waals surface area contributed by atoms with Crippen molar-refractivity contribution in [3.05, 3.63) is 54.2 Å². The zero-order chi connectivity index (χ0) is 20.5. The molecule has 2 amide bonds. The van der Waals surface area contributed by atoms with Crippen LogP contribution in [-0.4, -0.2) is 61.7 Å². The van der Waals surface area contributed by atoms with E-state index < -0.39 is 0 Å². The van der Waals surface area contributed by atoms with E-state index in [0.717, 1.165) is 19.5 Å². The highest BCUT2D eigenvalue weighted by molar-refractivity contribution is 5.74. The molecule has 1 aromatic heterocycles. The van der Waals surface area contributed by atoms with Crippen molar-refractivity contribution in [3.8, 4) is 6.07 Å². The second-order valence-electron chi connectivity index (χ2n) is 6.96. The molecule has 0 radical (unpaired) electrons. The maximum Gasteiger partial charge on any atom is 0.317 e. The third kappa shape index (κ3) is 5.38. The lowest BCUT2D eigenvalue weighted by molar-refractivity contribution is 0.194. The van der Waals surface area contributed by atoms with Crippen LogP contribution in [0.25, 0.3) is 0 Å². The molecule has 1 aromatic carbocycles. The first-order valence-electron chi connectivity index (χ1n) is 10.2. The highest BCUT2D eigenvalue weighted by Crippen LogP contribution is 2.18. The van der Waals surface area contributed by atoms with E-state index in [-0.39, 0.29) is 6.03 Å². The van der Waals surface area contributed by atoms with E-state index in [2.05, 4.69) is 45.2 Å². The van der Waals surface area contributed by atoms with Gasteiger partial charge in [0, 0.05) is 57.7 Å². The van der Waals surface area contributed by atoms with E-state index in [4.69, 9.17) is 0 Å². The van der Waals surface area contributed by atoms with E-state index in [1.54, 1.807) is 18.3 Å². The number of nitrogens with one attached hydrogen (secondary N) is 1. The van der Waals surface area contributed by atoms with Crippen LogP contribution in [0.3, 0.4) is 0 Å². The maximum absolute atomic E-state index is 12.5. The molecule has 29 heavy (non-hydrogen) atoms. The highest BCUT2D eigenvalue weighted by atomic mass is 16.2. The molecule has 1 aliphatic rings. The monoisotopic (exact) mass is 392 g/mol. The van der Waals surface area contributed by atoms with E-state index in [0.29, 0.717) is 44.1 Å². The average molecular weight is 393 g/mol. The van der Waals surface area contributed by atoms with Crippen LogP contribution in [0.15, 0.2) is 48.7 Å². The zero-order valence-corrected chi connectivity index (χ0v) is 16.9. The summed E-state index contributed by atoms with van der Waals surface area (Å²) in [4.78, 5) is 23.0. The number of urea groups is 1. The summed E-state index contributed by atoms with van der Waals surface area (Å²) in [7, 11) is 0. The fourth-order valence-electron chi connectivity index (χ4n) is 3.54. The van der Waals surface area contributed by atoms with Gasteiger partial charge in [0.15, 0.2) is 0 Å². The molecule has 1 fully saturated rings. The minimum Gasteiger partial charge on any atom is -0.372 e. The van der Waals surface area contributed by atoms with Crippen LogP contribution in [0.5, 0.6) is 0 Å². The van der Waals surface area contributed by atoms with Gasteiger partial charge in [-0.05, 0) is 37.6 Å². The quantitative estimate of drug-likeness (QED) is 0.733. The number of anilines is 2. The molecule has 1 N–H and O–H groups in total. The number of benzene rings is 1. The van der Waals surface area contributed by atoms with Crippen molar-refractivity contribution in [1.82, 2.24) is 15.2 Å². The predicted octanol–water partition coefficient (Wildman–Crippen LogP) is 2.70. The molecule has 7 nitrogen and oxygen atoms in total. The lowest BCUT2D eigenvalue weighted by Gasteiger charge is -2.35. The fourth-order valence-corrected chi connectivity index (χ4v) is 3.54. The first-order valence-corrected chi connectivity index (χ1v) is 10.2. The van der Waals surface area contributed by atoms with Crippen molar-refractivity contribution in [2.75, 3.05) is 55.6 Å². The van der Waals surface area contributed by atoms with Crippen molar-refractivity contribution in [1.29, 1.82) is 5.26 Å². The van der Waals surface area contributed by atoms with Gasteiger partial charge in [0.25, 0.3) is 0 Å². The molecule has 0 spiro atoms. The number of para-hydroxylation sites is 1. The van der Waals surface area contributed by atoms with Crippen molar-refractivity contribution in [2.45, 2.75) is 13.3 Å². The van der Waals surface area contributed by atoms with E-state index in [1.807, 2.05) is 23.1 Å². The van der Waals surface area contributed by atoms with Gasteiger partial charge in [0.05, 0.1) is 5.56 Å². The second kappa shape index (κ2) is 10.3. The number of aromatic nitrogens is 1. The van der Waals surface area contributed by atoms with Crippen LogP contribution < -0.4 is 15.1 Å². The maximum atomic E-state index is 12.5. The van der Waals surface area contributed by atoms with Gasteiger partial charge in [-0.2, -0.15) is 5.26 Å². The van der Waals surface area contributed by atoms with Crippen molar-refractivity contribution in [2.24, 2.45) is 0 Å². The van der Waals surface area contributed by atoms with Crippen LogP contribution in [0.2, 0.25) is 0 Å². The molecular formula is C22H28N6O. The Morgan fingerprint density at radius 3 is 2.62 bits per heavy atom. The third-order valence-corrected chi connectivity index (χ3v) is 5.16. The molecule has 0 atom stereocenters. The summed E-state index contributed by atoms with van der Waals surface area (Å²) in [6.45, 7) is 7.25. The Kier molecular flexibility index (Phi) is 7.28. The fraction of sp³-hybridized carbons (Fsp3) is 0.409. The number of carbonyl (C=O) groups excluding carboxylic acids is 1. The normalized spacial score (nSPS) is 13.7. The molecule has 0 saturated carbocycles. The second-order valence-corrected chi connectivity index (χ2v) is 6.96. The number of piperazine rings is 1. The molecule has 7 heteroatoms. The minimum atomic E-state index is -0.0195. The summed E-state index contributed by atoms with van der Waals surface area (Å²) in [5, 5.41) is 12.3. The Hall–Kier alpha value is -3.27. The number of carbonyl (C=O) groups is 1. The minimum absolute atomic E-state index is 0.0195. The molecule has 1 aliphatic heterocycles.